The number of hydrogen-bond acceptors (Lipinski definition) is 5. The highest BCUT2D eigenvalue weighted by Crippen LogP contribution is 2.28. The summed E-state index contributed by atoms with van der Waals surface area (Å²) in [5.74, 6) is -0.689. The van der Waals surface area contributed by atoms with Crippen molar-refractivity contribution in [1.82, 2.24) is 10.3 Å². The molecular weight excluding hydrogens is 433 g/mol. The Morgan fingerprint density at radius 1 is 1.13 bits per heavy atom. The van der Waals surface area contributed by atoms with Crippen molar-refractivity contribution in [3.63, 3.8) is 0 Å². The topological polar surface area (TPSA) is 97.4 Å². The lowest BCUT2D eigenvalue weighted by Gasteiger charge is -2.11. The highest BCUT2D eigenvalue weighted by molar-refractivity contribution is 7.92. The van der Waals surface area contributed by atoms with Gasteiger partial charge in [-0.25, -0.2) is 12.8 Å². The SMILES string of the molecule is O=C(COc1ccc(S(=O)(=O)Nc2ccc(F)cc2)cc1Cl)NCc1cccnc1. The minimum absolute atomic E-state index is 0.0250. The number of benzene rings is 2. The van der Waals surface area contributed by atoms with Crippen molar-refractivity contribution < 1.29 is 22.3 Å². The summed E-state index contributed by atoms with van der Waals surface area (Å²) in [5.41, 5.74) is 1.05. The maximum atomic E-state index is 13.0. The van der Waals surface area contributed by atoms with E-state index in [1.54, 1.807) is 18.5 Å². The third-order valence-electron chi connectivity index (χ3n) is 3.88. The van der Waals surface area contributed by atoms with Crippen LogP contribution in [-0.2, 0) is 21.4 Å². The first kappa shape index (κ1) is 21.5. The number of rotatable bonds is 8. The molecule has 10 heteroatoms. The number of halogens is 2. The Morgan fingerprint density at radius 3 is 2.57 bits per heavy atom. The number of pyridine rings is 1. The van der Waals surface area contributed by atoms with E-state index in [1.807, 2.05) is 6.07 Å². The Kier molecular flexibility index (Phi) is 6.86. The summed E-state index contributed by atoms with van der Waals surface area (Å²) >= 11 is 6.11. The van der Waals surface area contributed by atoms with Crippen LogP contribution in [0.25, 0.3) is 0 Å². The molecule has 0 saturated heterocycles. The summed E-state index contributed by atoms with van der Waals surface area (Å²) in [6.07, 6.45) is 3.27. The molecular formula is C20H17ClFN3O4S. The number of amides is 1. The zero-order valence-corrected chi connectivity index (χ0v) is 17.1. The molecule has 0 radical (unpaired) electrons. The second-order valence-electron chi connectivity index (χ2n) is 6.13. The van der Waals surface area contributed by atoms with E-state index in [4.69, 9.17) is 16.3 Å². The van der Waals surface area contributed by atoms with Crippen LogP contribution in [0.1, 0.15) is 5.56 Å². The third-order valence-corrected chi connectivity index (χ3v) is 5.56. The average molecular weight is 450 g/mol. The number of carbonyl (C=O) groups excluding carboxylic acids is 1. The number of nitrogens with one attached hydrogen (secondary N) is 2. The number of nitrogens with zero attached hydrogens (tertiary/aromatic N) is 1. The van der Waals surface area contributed by atoms with Crippen molar-refractivity contribution in [3.8, 4) is 5.75 Å². The van der Waals surface area contributed by atoms with Gasteiger partial charge in [0, 0.05) is 24.6 Å². The van der Waals surface area contributed by atoms with Crippen LogP contribution >= 0.6 is 11.6 Å². The summed E-state index contributed by atoms with van der Waals surface area (Å²) in [6.45, 7) is 0.00983. The number of sulfonamides is 1. The Hall–Kier alpha value is -3.17. The lowest BCUT2D eigenvalue weighted by Crippen LogP contribution is -2.28. The zero-order chi connectivity index (χ0) is 21.6. The number of hydrogen-bond donors (Lipinski definition) is 2. The third kappa shape index (κ3) is 5.91. The smallest absolute Gasteiger partial charge is 0.261 e. The molecule has 7 nitrogen and oxygen atoms in total. The molecule has 0 fully saturated rings. The number of carbonyl (C=O) groups is 1. The Labute approximate surface area is 177 Å². The molecule has 0 aliphatic carbocycles. The fourth-order valence-electron chi connectivity index (χ4n) is 2.40. The second kappa shape index (κ2) is 9.55. The standard InChI is InChI=1S/C20H17ClFN3O4S/c21-18-10-17(30(27,28)25-16-5-3-15(22)4-6-16)7-8-19(18)29-13-20(26)24-12-14-2-1-9-23-11-14/h1-11,25H,12-13H2,(H,24,26). The Balaban J connectivity index is 1.59. The summed E-state index contributed by atoms with van der Waals surface area (Å²) in [6, 6.07) is 12.3. The first-order chi connectivity index (χ1) is 14.3. The molecule has 156 valence electrons. The Bertz CT molecular complexity index is 1130. The molecule has 3 rings (SSSR count). The van der Waals surface area contributed by atoms with Gasteiger partial charge in [0.2, 0.25) is 0 Å². The van der Waals surface area contributed by atoms with Gasteiger partial charge in [0.1, 0.15) is 11.6 Å². The second-order valence-corrected chi connectivity index (χ2v) is 8.22. The molecule has 0 unspecified atom stereocenters. The number of aromatic nitrogens is 1. The average Bonchev–Trinajstić information content (AvgIpc) is 2.73. The molecule has 1 aromatic heterocycles. The first-order valence-electron chi connectivity index (χ1n) is 8.70. The zero-order valence-electron chi connectivity index (χ0n) is 15.5. The predicted octanol–water partition coefficient (Wildman–Crippen LogP) is 3.37. The van der Waals surface area contributed by atoms with E-state index in [-0.39, 0.29) is 33.9 Å². The van der Waals surface area contributed by atoms with Crippen LogP contribution in [0.3, 0.4) is 0 Å². The van der Waals surface area contributed by atoms with Gasteiger partial charge in [-0.05, 0) is 54.1 Å². The fraction of sp³-hybridized carbons (Fsp3) is 0.100. The van der Waals surface area contributed by atoms with E-state index in [9.17, 15) is 17.6 Å². The van der Waals surface area contributed by atoms with Crippen molar-refractivity contribution in [2.75, 3.05) is 11.3 Å². The molecule has 2 N–H and O–H groups in total. The normalized spacial score (nSPS) is 11.0. The highest BCUT2D eigenvalue weighted by atomic mass is 35.5. The lowest BCUT2D eigenvalue weighted by atomic mass is 10.3. The molecule has 0 spiro atoms. The summed E-state index contributed by atoms with van der Waals surface area (Å²) in [4.78, 5) is 15.8. The molecule has 2 aromatic carbocycles. The Morgan fingerprint density at radius 2 is 1.90 bits per heavy atom. The van der Waals surface area contributed by atoms with E-state index in [0.717, 1.165) is 17.7 Å². The van der Waals surface area contributed by atoms with E-state index in [1.165, 1.54) is 30.3 Å². The minimum Gasteiger partial charge on any atom is -0.482 e. The molecule has 30 heavy (non-hydrogen) atoms. The minimum atomic E-state index is -3.93. The van der Waals surface area contributed by atoms with Gasteiger partial charge < -0.3 is 10.1 Å². The van der Waals surface area contributed by atoms with Gasteiger partial charge in [0.05, 0.1) is 9.92 Å². The molecule has 0 saturated carbocycles. The van der Waals surface area contributed by atoms with Crippen molar-refractivity contribution in [1.29, 1.82) is 0 Å². The fourth-order valence-corrected chi connectivity index (χ4v) is 3.78. The van der Waals surface area contributed by atoms with E-state index in [0.29, 0.717) is 6.54 Å². The van der Waals surface area contributed by atoms with Crippen LogP contribution in [0.2, 0.25) is 5.02 Å². The molecule has 0 atom stereocenters. The van der Waals surface area contributed by atoms with E-state index < -0.39 is 15.8 Å². The van der Waals surface area contributed by atoms with Gasteiger partial charge in [-0.1, -0.05) is 17.7 Å². The summed E-state index contributed by atoms with van der Waals surface area (Å²) < 4.78 is 45.6. The molecule has 1 amide bonds. The van der Waals surface area contributed by atoms with Crippen LogP contribution in [-0.4, -0.2) is 25.9 Å². The quantitative estimate of drug-likeness (QED) is 0.549. The molecule has 1 heterocycles. The van der Waals surface area contributed by atoms with Gasteiger partial charge in [0.25, 0.3) is 15.9 Å². The predicted molar refractivity (Wildman–Crippen MR) is 110 cm³/mol. The maximum Gasteiger partial charge on any atom is 0.261 e. The highest BCUT2D eigenvalue weighted by Gasteiger charge is 2.17. The first-order valence-corrected chi connectivity index (χ1v) is 10.6. The van der Waals surface area contributed by atoms with Gasteiger partial charge in [0.15, 0.2) is 6.61 Å². The van der Waals surface area contributed by atoms with Gasteiger partial charge in [-0.3, -0.25) is 14.5 Å². The molecule has 3 aromatic rings. The lowest BCUT2D eigenvalue weighted by molar-refractivity contribution is -0.123. The largest absolute Gasteiger partial charge is 0.482 e. The van der Waals surface area contributed by atoms with Crippen LogP contribution in [0.5, 0.6) is 5.75 Å². The van der Waals surface area contributed by atoms with Crippen LogP contribution in [0.4, 0.5) is 10.1 Å². The monoisotopic (exact) mass is 449 g/mol. The van der Waals surface area contributed by atoms with Gasteiger partial charge >= 0.3 is 0 Å². The van der Waals surface area contributed by atoms with E-state index >= 15 is 0 Å². The van der Waals surface area contributed by atoms with Crippen molar-refractivity contribution >= 4 is 33.2 Å². The number of anilines is 1. The van der Waals surface area contributed by atoms with E-state index in [2.05, 4.69) is 15.0 Å². The molecule has 0 aliphatic rings. The molecule has 0 bridgehead atoms. The van der Waals surface area contributed by atoms with Gasteiger partial charge in [-0.15, -0.1) is 0 Å². The van der Waals surface area contributed by atoms with Crippen molar-refractivity contribution in [2.45, 2.75) is 11.4 Å². The number of ether oxygens (including phenoxy) is 1. The summed E-state index contributed by atoms with van der Waals surface area (Å²) in [7, 11) is -3.93. The molecule has 0 aliphatic heterocycles. The van der Waals surface area contributed by atoms with Crippen LogP contribution < -0.4 is 14.8 Å². The van der Waals surface area contributed by atoms with Gasteiger partial charge in [-0.2, -0.15) is 0 Å². The van der Waals surface area contributed by atoms with Crippen molar-refractivity contribution in [3.05, 3.63) is 83.4 Å². The summed E-state index contributed by atoms with van der Waals surface area (Å²) in [5, 5.41) is 2.70. The maximum absolute atomic E-state index is 13.0. The van der Waals surface area contributed by atoms with Crippen LogP contribution in [0.15, 0.2) is 71.9 Å². The van der Waals surface area contributed by atoms with Crippen molar-refractivity contribution in [2.24, 2.45) is 0 Å². The van der Waals surface area contributed by atoms with Crippen LogP contribution in [0, 0.1) is 5.82 Å².